The molecule has 3 rings (SSSR count). The van der Waals surface area contributed by atoms with Crippen molar-refractivity contribution >= 4 is 27.3 Å². The number of nitrogens with zero attached hydrogens (tertiary/aromatic N) is 1. The Morgan fingerprint density at radius 1 is 1.00 bits per heavy atom. The standard InChI is InChI=1S/C24H33N3O3S/c1-19-18-22(26-20(2)28)11-14-24(19)31(29,30)25-15-7-8-21-9-12-23(13-10-21)27-16-5-3-4-6-17-27/h9-14,18,25H,3-8,15-17H2,1-2H3,(H,26,28). The number of amides is 1. The average Bonchev–Trinajstić information content (AvgIpc) is 3.01. The Morgan fingerprint density at radius 3 is 2.29 bits per heavy atom. The number of rotatable bonds is 8. The summed E-state index contributed by atoms with van der Waals surface area (Å²) < 4.78 is 28.0. The van der Waals surface area contributed by atoms with Gasteiger partial charge >= 0.3 is 0 Å². The molecule has 1 saturated heterocycles. The van der Waals surface area contributed by atoms with Crippen LogP contribution in [0.5, 0.6) is 0 Å². The monoisotopic (exact) mass is 443 g/mol. The van der Waals surface area contributed by atoms with Crippen molar-refractivity contribution in [3.8, 4) is 0 Å². The molecule has 0 spiro atoms. The van der Waals surface area contributed by atoms with Gasteiger partial charge in [-0.15, -0.1) is 0 Å². The van der Waals surface area contributed by atoms with Crippen LogP contribution in [-0.2, 0) is 21.2 Å². The molecule has 168 valence electrons. The second kappa shape index (κ2) is 10.8. The van der Waals surface area contributed by atoms with Gasteiger partial charge in [0.2, 0.25) is 15.9 Å². The summed E-state index contributed by atoms with van der Waals surface area (Å²) in [7, 11) is -3.58. The molecule has 1 fully saturated rings. The number of hydrogen-bond acceptors (Lipinski definition) is 4. The van der Waals surface area contributed by atoms with Crippen LogP contribution < -0.4 is 14.9 Å². The van der Waals surface area contributed by atoms with E-state index >= 15 is 0 Å². The summed E-state index contributed by atoms with van der Waals surface area (Å²) in [5.74, 6) is -0.187. The van der Waals surface area contributed by atoms with Crippen LogP contribution in [-0.4, -0.2) is 34.0 Å². The molecule has 0 aliphatic carbocycles. The zero-order chi connectivity index (χ0) is 22.3. The molecule has 6 nitrogen and oxygen atoms in total. The lowest BCUT2D eigenvalue weighted by molar-refractivity contribution is -0.114. The van der Waals surface area contributed by atoms with Crippen LogP contribution in [0.25, 0.3) is 0 Å². The Hall–Kier alpha value is -2.38. The average molecular weight is 444 g/mol. The van der Waals surface area contributed by atoms with Gasteiger partial charge in [-0.05, 0) is 74.1 Å². The number of anilines is 2. The lowest BCUT2D eigenvalue weighted by Crippen LogP contribution is -2.26. The molecule has 0 unspecified atom stereocenters. The van der Waals surface area contributed by atoms with Crippen molar-refractivity contribution in [1.29, 1.82) is 0 Å². The minimum atomic E-state index is -3.58. The van der Waals surface area contributed by atoms with E-state index in [0.29, 0.717) is 17.8 Å². The summed E-state index contributed by atoms with van der Waals surface area (Å²) in [4.78, 5) is 13.9. The molecule has 31 heavy (non-hydrogen) atoms. The molecule has 1 amide bonds. The van der Waals surface area contributed by atoms with Crippen LogP contribution in [0, 0.1) is 6.92 Å². The van der Waals surface area contributed by atoms with E-state index in [-0.39, 0.29) is 10.8 Å². The summed E-state index contributed by atoms with van der Waals surface area (Å²) in [6.45, 7) is 5.79. The number of hydrogen-bond donors (Lipinski definition) is 2. The van der Waals surface area contributed by atoms with Crippen molar-refractivity contribution in [2.75, 3.05) is 29.9 Å². The third-order valence-corrected chi connectivity index (χ3v) is 7.25. The number of benzene rings is 2. The summed E-state index contributed by atoms with van der Waals surface area (Å²) in [6, 6.07) is 13.5. The molecule has 0 saturated carbocycles. The highest BCUT2D eigenvalue weighted by Crippen LogP contribution is 2.21. The van der Waals surface area contributed by atoms with Crippen LogP contribution in [0.4, 0.5) is 11.4 Å². The first kappa shape index (κ1) is 23.3. The Morgan fingerprint density at radius 2 is 1.68 bits per heavy atom. The summed E-state index contributed by atoms with van der Waals surface area (Å²) in [5.41, 5.74) is 3.69. The molecule has 1 heterocycles. The van der Waals surface area contributed by atoms with E-state index in [9.17, 15) is 13.2 Å². The van der Waals surface area contributed by atoms with Crippen molar-refractivity contribution < 1.29 is 13.2 Å². The van der Waals surface area contributed by atoms with E-state index in [4.69, 9.17) is 0 Å². The van der Waals surface area contributed by atoms with E-state index in [1.54, 1.807) is 19.1 Å². The highest BCUT2D eigenvalue weighted by molar-refractivity contribution is 7.89. The van der Waals surface area contributed by atoms with Crippen molar-refractivity contribution in [3.05, 3.63) is 53.6 Å². The molecule has 2 aromatic carbocycles. The van der Waals surface area contributed by atoms with Crippen LogP contribution in [0.15, 0.2) is 47.4 Å². The third kappa shape index (κ3) is 6.80. The van der Waals surface area contributed by atoms with E-state index in [1.165, 1.54) is 49.9 Å². The number of carbonyl (C=O) groups excluding carboxylic acids is 1. The number of carbonyl (C=O) groups is 1. The SMILES string of the molecule is CC(=O)Nc1ccc(S(=O)(=O)NCCCc2ccc(N3CCCCCC3)cc2)c(C)c1. The van der Waals surface area contributed by atoms with Gasteiger partial charge in [-0.25, -0.2) is 13.1 Å². The Balaban J connectivity index is 1.50. The topological polar surface area (TPSA) is 78.5 Å². The maximum atomic E-state index is 12.6. The molecular formula is C24H33N3O3S. The van der Waals surface area contributed by atoms with Crippen molar-refractivity contribution in [1.82, 2.24) is 4.72 Å². The van der Waals surface area contributed by atoms with Crippen LogP contribution in [0.2, 0.25) is 0 Å². The van der Waals surface area contributed by atoms with Crippen LogP contribution >= 0.6 is 0 Å². The Bertz CT molecular complexity index is 980. The quantitative estimate of drug-likeness (QED) is 0.598. The maximum absolute atomic E-state index is 12.6. The first-order chi connectivity index (χ1) is 14.8. The molecule has 7 heteroatoms. The molecule has 1 aliphatic rings. The van der Waals surface area contributed by atoms with Gasteiger partial charge in [0.05, 0.1) is 4.90 Å². The molecule has 2 N–H and O–H groups in total. The highest BCUT2D eigenvalue weighted by atomic mass is 32.2. The number of nitrogens with one attached hydrogen (secondary N) is 2. The van der Waals surface area contributed by atoms with Gasteiger partial charge in [-0.3, -0.25) is 4.79 Å². The van der Waals surface area contributed by atoms with Gasteiger partial charge in [0.1, 0.15) is 0 Å². The minimum Gasteiger partial charge on any atom is -0.372 e. The zero-order valence-electron chi connectivity index (χ0n) is 18.5. The summed E-state index contributed by atoms with van der Waals surface area (Å²) in [6.07, 6.45) is 6.72. The van der Waals surface area contributed by atoms with Gasteiger partial charge in [-0.1, -0.05) is 25.0 Å². The van der Waals surface area contributed by atoms with Crippen LogP contribution in [0.1, 0.15) is 50.2 Å². The van der Waals surface area contributed by atoms with E-state index in [0.717, 1.165) is 25.9 Å². The summed E-state index contributed by atoms with van der Waals surface area (Å²) in [5, 5.41) is 2.67. The van der Waals surface area contributed by atoms with Gasteiger partial charge < -0.3 is 10.2 Å². The fraction of sp³-hybridized carbons (Fsp3) is 0.458. The highest BCUT2D eigenvalue weighted by Gasteiger charge is 2.16. The fourth-order valence-corrected chi connectivity index (χ4v) is 5.31. The molecule has 1 aliphatic heterocycles. The lowest BCUT2D eigenvalue weighted by atomic mass is 10.1. The zero-order valence-corrected chi connectivity index (χ0v) is 19.3. The van der Waals surface area contributed by atoms with E-state index in [2.05, 4.69) is 39.2 Å². The Labute approximate surface area is 186 Å². The molecule has 2 aromatic rings. The predicted octanol–water partition coefficient (Wildman–Crippen LogP) is 4.24. The third-order valence-electron chi connectivity index (χ3n) is 5.63. The second-order valence-electron chi connectivity index (χ2n) is 8.23. The van der Waals surface area contributed by atoms with Gasteiger partial charge in [-0.2, -0.15) is 0 Å². The van der Waals surface area contributed by atoms with Gasteiger partial charge in [0.25, 0.3) is 0 Å². The molecular weight excluding hydrogens is 410 g/mol. The number of aryl methyl sites for hydroxylation is 2. The molecule has 0 bridgehead atoms. The normalized spacial score (nSPS) is 14.8. The summed E-state index contributed by atoms with van der Waals surface area (Å²) >= 11 is 0. The van der Waals surface area contributed by atoms with Crippen molar-refractivity contribution in [2.45, 2.75) is 57.3 Å². The lowest BCUT2D eigenvalue weighted by Gasteiger charge is -2.22. The number of sulfonamides is 1. The van der Waals surface area contributed by atoms with Crippen molar-refractivity contribution in [3.63, 3.8) is 0 Å². The van der Waals surface area contributed by atoms with E-state index < -0.39 is 10.0 Å². The van der Waals surface area contributed by atoms with Crippen molar-refractivity contribution in [2.24, 2.45) is 0 Å². The van der Waals surface area contributed by atoms with Crippen LogP contribution in [0.3, 0.4) is 0 Å². The fourth-order valence-electron chi connectivity index (χ4n) is 4.01. The molecule has 0 aromatic heterocycles. The second-order valence-corrected chi connectivity index (χ2v) is 9.97. The first-order valence-electron chi connectivity index (χ1n) is 11.1. The molecule has 0 atom stereocenters. The minimum absolute atomic E-state index is 0.187. The largest absolute Gasteiger partial charge is 0.372 e. The smallest absolute Gasteiger partial charge is 0.240 e. The van der Waals surface area contributed by atoms with E-state index in [1.807, 2.05) is 0 Å². The van der Waals surface area contributed by atoms with Gasteiger partial charge in [0, 0.05) is 37.9 Å². The maximum Gasteiger partial charge on any atom is 0.240 e. The predicted molar refractivity (Wildman–Crippen MR) is 126 cm³/mol. The molecule has 0 radical (unpaired) electrons. The van der Waals surface area contributed by atoms with Gasteiger partial charge in [0.15, 0.2) is 0 Å². The first-order valence-corrected chi connectivity index (χ1v) is 12.6. The Kier molecular flexibility index (Phi) is 8.09.